The first-order valence-electron chi connectivity index (χ1n) is 8.22. The molecule has 4 heteroatoms. The molecule has 0 aromatic carbocycles. The van der Waals surface area contributed by atoms with Gasteiger partial charge >= 0.3 is 0 Å². The Kier molecular flexibility index (Phi) is 4.11. The van der Waals surface area contributed by atoms with Crippen LogP contribution in [0.5, 0.6) is 0 Å². The Hall–Kier alpha value is -0.900. The Morgan fingerprint density at radius 3 is 2.35 bits per heavy atom. The fourth-order valence-corrected chi connectivity index (χ4v) is 3.86. The molecule has 0 radical (unpaired) electrons. The summed E-state index contributed by atoms with van der Waals surface area (Å²) in [6.07, 6.45) is 8.23. The van der Waals surface area contributed by atoms with Crippen molar-refractivity contribution < 1.29 is 4.52 Å². The summed E-state index contributed by atoms with van der Waals surface area (Å²) in [7, 11) is 0. The highest BCUT2D eigenvalue weighted by molar-refractivity contribution is 5.03. The number of nitrogens with two attached hydrogens (primary N) is 1. The van der Waals surface area contributed by atoms with Crippen LogP contribution >= 0.6 is 0 Å². The van der Waals surface area contributed by atoms with E-state index in [4.69, 9.17) is 10.3 Å². The van der Waals surface area contributed by atoms with Crippen molar-refractivity contribution in [1.29, 1.82) is 0 Å². The number of nitrogens with zero attached hydrogens (tertiary/aromatic N) is 2. The van der Waals surface area contributed by atoms with Crippen molar-refractivity contribution in [2.75, 3.05) is 0 Å². The molecule has 2 fully saturated rings. The van der Waals surface area contributed by atoms with Gasteiger partial charge in [0.1, 0.15) is 0 Å². The summed E-state index contributed by atoms with van der Waals surface area (Å²) in [6.45, 7) is 4.67. The van der Waals surface area contributed by atoms with E-state index in [0.717, 1.165) is 42.8 Å². The van der Waals surface area contributed by atoms with Crippen LogP contribution in [0.15, 0.2) is 4.52 Å². The minimum atomic E-state index is 0.317. The van der Waals surface area contributed by atoms with Gasteiger partial charge in [-0.15, -0.1) is 0 Å². The van der Waals surface area contributed by atoms with Crippen molar-refractivity contribution in [3.05, 3.63) is 11.7 Å². The lowest BCUT2D eigenvalue weighted by Crippen LogP contribution is -2.18. The molecule has 2 unspecified atom stereocenters. The Morgan fingerprint density at radius 1 is 1.05 bits per heavy atom. The molecule has 2 atom stereocenters. The third-order valence-electron chi connectivity index (χ3n) is 5.36. The fourth-order valence-electron chi connectivity index (χ4n) is 3.86. The fraction of sp³-hybridized carbons (Fsp3) is 0.875. The molecule has 1 heterocycles. The zero-order valence-corrected chi connectivity index (χ0v) is 12.7. The van der Waals surface area contributed by atoms with E-state index in [1.165, 1.54) is 25.7 Å². The molecule has 0 bridgehead atoms. The van der Waals surface area contributed by atoms with Crippen molar-refractivity contribution >= 4 is 0 Å². The molecule has 2 aliphatic carbocycles. The van der Waals surface area contributed by atoms with E-state index >= 15 is 0 Å². The van der Waals surface area contributed by atoms with Crippen LogP contribution in [0, 0.1) is 11.8 Å². The highest BCUT2D eigenvalue weighted by atomic mass is 16.5. The van der Waals surface area contributed by atoms with Gasteiger partial charge in [-0.25, -0.2) is 0 Å². The first kappa shape index (κ1) is 14.1. The number of hydrogen-bond donors (Lipinski definition) is 1. The van der Waals surface area contributed by atoms with Gasteiger partial charge in [0, 0.05) is 17.9 Å². The van der Waals surface area contributed by atoms with Crippen molar-refractivity contribution in [2.45, 2.75) is 76.7 Å². The van der Waals surface area contributed by atoms with Crippen LogP contribution in [-0.2, 0) is 0 Å². The molecule has 1 aromatic heterocycles. The van der Waals surface area contributed by atoms with Gasteiger partial charge in [0.05, 0.1) is 0 Å². The van der Waals surface area contributed by atoms with Gasteiger partial charge in [0.15, 0.2) is 5.82 Å². The second kappa shape index (κ2) is 5.84. The van der Waals surface area contributed by atoms with E-state index in [1.807, 2.05) is 0 Å². The summed E-state index contributed by atoms with van der Waals surface area (Å²) in [5, 5.41) is 4.25. The Labute approximate surface area is 121 Å². The maximum atomic E-state index is 5.97. The molecule has 1 aromatic rings. The van der Waals surface area contributed by atoms with E-state index in [9.17, 15) is 0 Å². The summed E-state index contributed by atoms with van der Waals surface area (Å²) < 4.78 is 5.51. The molecule has 112 valence electrons. The highest BCUT2D eigenvalue weighted by Gasteiger charge is 2.31. The standard InChI is InChI=1S/C16H27N3O/c1-10(2)11-3-5-12(6-4-11)15-18-16(20-19-15)13-7-8-14(17)9-13/h10-14H,3-9,17H2,1-2H3. The van der Waals surface area contributed by atoms with Crippen molar-refractivity contribution in [3.8, 4) is 0 Å². The normalized spacial score (nSPS) is 34.8. The lowest BCUT2D eigenvalue weighted by molar-refractivity contribution is 0.251. The van der Waals surface area contributed by atoms with Crippen molar-refractivity contribution in [2.24, 2.45) is 17.6 Å². The smallest absolute Gasteiger partial charge is 0.229 e. The maximum absolute atomic E-state index is 5.97. The minimum Gasteiger partial charge on any atom is -0.339 e. The predicted octanol–water partition coefficient (Wildman–Crippen LogP) is 3.59. The summed E-state index contributed by atoms with van der Waals surface area (Å²) in [4.78, 5) is 4.69. The van der Waals surface area contributed by atoms with E-state index in [2.05, 4.69) is 24.0 Å². The Balaban J connectivity index is 1.60. The average molecular weight is 277 g/mol. The first-order chi connectivity index (χ1) is 9.63. The van der Waals surface area contributed by atoms with Gasteiger partial charge in [-0.05, 0) is 56.8 Å². The van der Waals surface area contributed by atoms with Crippen LogP contribution < -0.4 is 5.73 Å². The average Bonchev–Trinajstić information content (AvgIpc) is 3.07. The molecule has 3 rings (SSSR count). The van der Waals surface area contributed by atoms with Crippen LogP contribution in [0.1, 0.15) is 82.3 Å². The third-order valence-corrected chi connectivity index (χ3v) is 5.36. The van der Waals surface area contributed by atoms with E-state index in [0.29, 0.717) is 17.9 Å². The molecule has 2 N–H and O–H groups in total. The van der Waals surface area contributed by atoms with Crippen LogP contribution in [0.4, 0.5) is 0 Å². The zero-order chi connectivity index (χ0) is 14.1. The second-order valence-electron chi connectivity index (χ2n) is 7.12. The highest BCUT2D eigenvalue weighted by Crippen LogP contribution is 2.39. The summed E-state index contributed by atoms with van der Waals surface area (Å²) in [6, 6.07) is 0.317. The second-order valence-corrected chi connectivity index (χ2v) is 7.12. The Morgan fingerprint density at radius 2 is 1.75 bits per heavy atom. The van der Waals surface area contributed by atoms with E-state index in [-0.39, 0.29) is 0 Å². The first-order valence-corrected chi connectivity index (χ1v) is 8.22. The molecule has 2 aliphatic rings. The predicted molar refractivity (Wildman–Crippen MR) is 78.4 cm³/mol. The molecule has 0 saturated heterocycles. The van der Waals surface area contributed by atoms with E-state index in [1.54, 1.807) is 0 Å². The molecular weight excluding hydrogens is 250 g/mol. The molecule has 0 aliphatic heterocycles. The number of hydrogen-bond acceptors (Lipinski definition) is 4. The molecular formula is C16H27N3O. The molecule has 0 amide bonds. The number of rotatable bonds is 3. The van der Waals surface area contributed by atoms with Crippen molar-refractivity contribution in [1.82, 2.24) is 10.1 Å². The molecule has 4 nitrogen and oxygen atoms in total. The SMILES string of the molecule is CC(C)C1CCC(c2noc(C3CCC(N)C3)n2)CC1. The Bertz CT molecular complexity index is 435. The summed E-state index contributed by atoms with van der Waals surface area (Å²) in [5.74, 6) is 4.37. The topological polar surface area (TPSA) is 64.9 Å². The van der Waals surface area contributed by atoms with Crippen LogP contribution in [0.2, 0.25) is 0 Å². The number of aromatic nitrogens is 2. The van der Waals surface area contributed by atoms with Gasteiger partial charge in [0.2, 0.25) is 5.89 Å². The van der Waals surface area contributed by atoms with Crippen LogP contribution in [0.3, 0.4) is 0 Å². The molecule has 2 saturated carbocycles. The molecule has 20 heavy (non-hydrogen) atoms. The zero-order valence-electron chi connectivity index (χ0n) is 12.7. The van der Waals surface area contributed by atoms with Crippen LogP contribution in [-0.4, -0.2) is 16.2 Å². The lowest BCUT2D eigenvalue weighted by Gasteiger charge is -2.29. The van der Waals surface area contributed by atoms with Gasteiger partial charge in [0.25, 0.3) is 0 Å². The lowest BCUT2D eigenvalue weighted by atomic mass is 9.77. The monoisotopic (exact) mass is 277 g/mol. The quantitative estimate of drug-likeness (QED) is 0.917. The molecule has 0 spiro atoms. The van der Waals surface area contributed by atoms with E-state index < -0.39 is 0 Å². The van der Waals surface area contributed by atoms with Gasteiger partial charge in [-0.3, -0.25) is 0 Å². The largest absolute Gasteiger partial charge is 0.339 e. The summed E-state index contributed by atoms with van der Waals surface area (Å²) in [5.41, 5.74) is 5.97. The maximum Gasteiger partial charge on any atom is 0.229 e. The van der Waals surface area contributed by atoms with Crippen molar-refractivity contribution in [3.63, 3.8) is 0 Å². The summed E-state index contributed by atoms with van der Waals surface area (Å²) >= 11 is 0. The third kappa shape index (κ3) is 2.90. The van der Waals surface area contributed by atoms with Gasteiger partial charge in [-0.2, -0.15) is 4.98 Å². The van der Waals surface area contributed by atoms with Gasteiger partial charge in [-0.1, -0.05) is 19.0 Å². The van der Waals surface area contributed by atoms with Crippen LogP contribution in [0.25, 0.3) is 0 Å². The minimum absolute atomic E-state index is 0.317. The van der Waals surface area contributed by atoms with Gasteiger partial charge < -0.3 is 10.3 Å².